The molecule has 0 bridgehead atoms. The van der Waals surface area contributed by atoms with Crippen LogP contribution in [-0.4, -0.2) is 0 Å². The van der Waals surface area contributed by atoms with Crippen LogP contribution in [0.25, 0.3) is 44.3 Å². The summed E-state index contributed by atoms with van der Waals surface area (Å²) in [6.07, 6.45) is 1.91. The molecular formula is C37H37N2O+. The number of aromatic nitrogens is 1. The van der Waals surface area contributed by atoms with Gasteiger partial charge in [0, 0.05) is 35.3 Å². The Morgan fingerprint density at radius 3 is 2.48 bits per heavy atom. The second kappa shape index (κ2) is 9.34. The summed E-state index contributed by atoms with van der Waals surface area (Å²) in [7, 11) is 2.00. The minimum Gasteiger partial charge on any atom is -0.454 e. The van der Waals surface area contributed by atoms with E-state index in [1.54, 1.807) is 26.0 Å². The zero-order chi connectivity index (χ0) is 32.1. The van der Waals surface area contributed by atoms with Crippen LogP contribution in [0.3, 0.4) is 0 Å². The first-order valence-electron chi connectivity index (χ1n) is 16.8. The van der Waals surface area contributed by atoms with E-state index < -0.39 is 24.1 Å². The summed E-state index contributed by atoms with van der Waals surface area (Å²) in [5, 5.41) is 12.2. The third-order valence-electron chi connectivity index (χ3n) is 8.60. The zero-order valence-corrected chi connectivity index (χ0v) is 23.6. The molecule has 2 heterocycles. The van der Waals surface area contributed by atoms with E-state index in [2.05, 4.69) is 29.7 Å². The monoisotopic (exact) mass is 530 g/mol. The summed E-state index contributed by atoms with van der Waals surface area (Å²) in [4.78, 5) is 0. The van der Waals surface area contributed by atoms with E-state index in [9.17, 15) is 12.1 Å². The molecular weight excluding hydrogens is 488 g/mol. The predicted octanol–water partition coefficient (Wildman–Crippen LogP) is 9.10. The summed E-state index contributed by atoms with van der Waals surface area (Å²) >= 11 is 0. The van der Waals surface area contributed by atoms with Crippen LogP contribution in [-0.2, 0) is 19.8 Å². The average Bonchev–Trinajstić information content (AvgIpc) is 3.43. The molecule has 7 rings (SSSR count). The molecule has 0 amide bonds. The first kappa shape index (κ1) is 20.0. The van der Waals surface area contributed by atoms with Crippen molar-refractivity contribution in [3.05, 3.63) is 88.6 Å². The van der Waals surface area contributed by atoms with Crippen molar-refractivity contribution in [2.24, 2.45) is 12.5 Å². The molecule has 2 aliphatic rings. The Bertz CT molecular complexity index is 2080. The largest absolute Gasteiger partial charge is 0.454 e. The van der Waals surface area contributed by atoms with Gasteiger partial charge < -0.3 is 4.42 Å². The number of furan rings is 1. The third kappa shape index (κ3) is 3.96. The number of nitrogens with zero attached hydrogens (tertiary/aromatic N) is 2. The maximum absolute atomic E-state index is 10.4. The van der Waals surface area contributed by atoms with Gasteiger partial charge >= 0.3 is 0 Å². The summed E-state index contributed by atoms with van der Waals surface area (Å²) in [5.41, 5.74) is 5.52. The van der Waals surface area contributed by atoms with Gasteiger partial charge in [0.25, 0.3) is 0 Å². The lowest BCUT2D eigenvalue weighted by molar-refractivity contribution is -0.660. The van der Waals surface area contributed by atoms with Crippen molar-refractivity contribution >= 4 is 21.9 Å². The fraction of sp³-hybridized carbons (Fsp3) is 0.351. The van der Waals surface area contributed by atoms with Crippen LogP contribution in [0.5, 0.6) is 0 Å². The standard InChI is InChI=1S/C37H37N2O/c1-23-13-15-28-29-16-14-25(22-38)34(36(29)40-35(28)33(23)32-12-8-9-17-39(32)4)26-18-27-20-37(2,3)21-31(27)30(19-26)24-10-6-5-7-11-24/h8-9,12-19,24H,5-7,10-11,20-21H2,1-4H3/q+1/i20D2,21D2,24D. The molecule has 0 atom stereocenters. The van der Waals surface area contributed by atoms with Gasteiger partial charge in [0.1, 0.15) is 18.2 Å². The number of aryl methyl sites for hydroxylation is 2. The number of pyridine rings is 1. The Morgan fingerprint density at radius 2 is 1.73 bits per heavy atom. The zero-order valence-electron chi connectivity index (χ0n) is 28.6. The Balaban J connectivity index is 1.59. The number of hydrogen-bond donors (Lipinski definition) is 0. The Hall–Kier alpha value is -3.90. The van der Waals surface area contributed by atoms with Gasteiger partial charge in [-0.25, -0.2) is 4.57 Å². The molecule has 3 heteroatoms. The van der Waals surface area contributed by atoms with Gasteiger partial charge in [-0.2, -0.15) is 5.26 Å². The van der Waals surface area contributed by atoms with Crippen LogP contribution in [0.2, 0.25) is 0 Å². The number of rotatable bonds is 3. The normalized spacial score (nSPS) is 22.0. The number of fused-ring (bicyclic) bond motifs is 4. The van der Waals surface area contributed by atoms with E-state index in [0.717, 1.165) is 46.9 Å². The lowest BCUT2D eigenvalue weighted by Gasteiger charge is -2.26. The van der Waals surface area contributed by atoms with Gasteiger partial charge in [0.05, 0.1) is 17.2 Å². The van der Waals surface area contributed by atoms with Crippen molar-refractivity contribution in [1.82, 2.24) is 0 Å². The third-order valence-corrected chi connectivity index (χ3v) is 8.60. The molecule has 0 radical (unpaired) electrons. The molecule has 200 valence electrons. The van der Waals surface area contributed by atoms with E-state index in [4.69, 9.17) is 4.42 Å². The van der Waals surface area contributed by atoms with Crippen molar-refractivity contribution in [1.29, 1.82) is 5.26 Å². The smallest absolute Gasteiger partial charge is 0.216 e. The van der Waals surface area contributed by atoms with Gasteiger partial charge in [0.2, 0.25) is 5.69 Å². The maximum atomic E-state index is 10.4. The second-order valence-corrected chi connectivity index (χ2v) is 11.9. The van der Waals surface area contributed by atoms with Gasteiger partial charge in [0.15, 0.2) is 6.20 Å². The highest BCUT2D eigenvalue weighted by Gasteiger charge is 2.33. The number of hydrogen-bond acceptors (Lipinski definition) is 2. The quantitative estimate of drug-likeness (QED) is 0.218. The van der Waals surface area contributed by atoms with Gasteiger partial charge in [-0.1, -0.05) is 57.4 Å². The van der Waals surface area contributed by atoms with Crippen LogP contribution >= 0.6 is 0 Å². The first-order valence-corrected chi connectivity index (χ1v) is 14.3. The molecule has 2 aliphatic carbocycles. The van der Waals surface area contributed by atoms with Crippen LogP contribution in [0.15, 0.2) is 65.2 Å². The van der Waals surface area contributed by atoms with E-state index in [1.807, 2.05) is 43.6 Å². The fourth-order valence-corrected chi connectivity index (χ4v) is 6.71. The van der Waals surface area contributed by atoms with Crippen LogP contribution in [0, 0.1) is 23.7 Å². The minimum absolute atomic E-state index is 0.270. The molecule has 0 spiro atoms. The highest BCUT2D eigenvalue weighted by molar-refractivity contribution is 6.14. The summed E-state index contributed by atoms with van der Waals surface area (Å²) < 4.78 is 55.5. The van der Waals surface area contributed by atoms with Crippen molar-refractivity contribution in [2.45, 2.75) is 71.5 Å². The molecule has 1 fully saturated rings. The predicted molar refractivity (Wildman–Crippen MR) is 162 cm³/mol. The lowest BCUT2D eigenvalue weighted by atomic mass is 9.79. The second-order valence-electron chi connectivity index (χ2n) is 11.9. The molecule has 1 saturated carbocycles. The van der Waals surface area contributed by atoms with Gasteiger partial charge in [-0.15, -0.1) is 0 Å². The molecule has 0 unspecified atom stereocenters. The molecule has 2 aromatic heterocycles. The molecule has 0 N–H and O–H groups in total. The molecule has 5 aromatic rings. The van der Waals surface area contributed by atoms with Crippen molar-refractivity contribution < 1.29 is 15.8 Å². The first-order chi connectivity index (χ1) is 21.2. The maximum Gasteiger partial charge on any atom is 0.216 e. The van der Waals surface area contributed by atoms with Crippen LogP contribution in [0.4, 0.5) is 0 Å². The lowest BCUT2D eigenvalue weighted by Crippen LogP contribution is -2.30. The van der Waals surface area contributed by atoms with E-state index in [0.29, 0.717) is 51.8 Å². The van der Waals surface area contributed by atoms with Gasteiger partial charge in [-0.3, -0.25) is 0 Å². The molecule has 3 aromatic carbocycles. The van der Waals surface area contributed by atoms with Crippen molar-refractivity contribution in [2.75, 3.05) is 0 Å². The molecule has 0 aliphatic heterocycles. The van der Waals surface area contributed by atoms with E-state index in [1.165, 1.54) is 0 Å². The Kier molecular flexibility index (Phi) is 4.68. The Labute approximate surface area is 244 Å². The number of benzene rings is 3. The van der Waals surface area contributed by atoms with E-state index in [-0.39, 0.29) is 5.56 Å². The SMILES string of the molecule is [2H]C1(c2cc(-c3c(C#N)ccc4c3oc3c(-c5cccc[n+]5C)c(C)ccc34)cc3c2C([2H])([2H])C(C)(C)C3([2H])[2H])CCCCC1. The minimum atomic E-state index is -2.01. The highest BCUT2D eigenvalue weighted by atomic mass is 16.3. The molecule has 40 heavy (non-hydrogen) atoms. The topological polar surface area (TPSA) is 40.8 Å². The Morgan fingerprint density at radius 1 is 0.975 bits per heavy atom. The summed E-state index contributed by atoms with van der Waals surface area (Å²) in [5.74, 6) is -1.05. The van der Waals surface area contributed by atoms with Crippen molar-refractivity contribution in [3.63, 3.8) is 0 Å². The summed E-state index contributed by atoms with van der Waals surface area (Å²) in [6, 6.07) is 19.8. The summed E-state index contributed by atoms with van der Waals surface area (Å²) in [6.45, 7) is 5.34. The molecule has 0 saturated heterocycles. The fourth-order valence-electron chi connectivity index (χ4n) is 6.71. The van der Waals surface area contributed by atoms with E-state index >= 15 is 0 Å². The average molecular weight is 531 g/mol. The molecule has 3 nitrogen and oxygen atoms in total. The van der Waals surface area contributed by atoms with Crippen LogP contribution in [0.1, 0.15) is 86.5 Å². The van der Waals surface area contributed by atoms with Crippen molar-refractivity contribution in [3.8, 4) is 28.5 Å². The van der Waals surface area contributed by atoms with Gasteiger partial charge in [-0.05, 0) is 89.8 Å². The number of nitriles is 1. The van der Waals surface area contributed by atoms with Crippen LogP contribution < -0.4 is 4.57 Å². The highest BCUT2D eigenvalue weighted by Crippen LogP contribution is 2.47.